The Labute approximate surface area is 240 Å². The van der Waals surface area contributed by atoms with Crippen molar-refractivity contribution in [2.75, 3.05) is 30.4 Å². The molecule has 11 nitrogen and oxygen atoms in total. The number of aliphatic hydroxyl groups is 1. The smallest absolute Gasteiger partial charge is 0.335 e. The number of nitrogens with one attached hydrogen (secondary N) is 1. The molecule has 0 aliphatic heterocycles. The first-order valence-corrected chi connectivity index (χ1v) is 12.4. The van der Waals surface area contributed by atoms with Gasteiger partial charge in [0, 0.05) is 60.8 Å². The molecule has 42 heavy (non-hydrogen) atoms. The van der Waals surface area contributed by atoms with E-state index in [0.29, 0.717) is 16.2 Å². The summed E-state index contributed by atoms with van der Waals surface area (Å²) in [6.07, 6.45) is 5.68. The number of halogens is 2. The van der Waals surface area contributed by atoms with Crippen molar-refractivity contribution in [3.8, 4) is 11.5 Å². The molecule has 3 rings (SSSR count). The molecule has 4 amide bonds. The first-order chi connectivity index (χ1) is 20.2. The number of benzene rings is 2. The molecule has 0 aliphatic rings. The summed E-state index contributed by atoms with van der Waals surface area (Å²) in [5.41, 5.74) is 6.81. The summed E-state index contributed by atoms with van der Waals surface area (Å²) in [4.78, 5) is 47.1. The van der Waals surface area contributed by atoms with Gasteiger partial charge in [0.25, 0.3) is 5.91 Å². The monoisotopic (exact) mass is 578 g/mol. The molecule has 0 radical (unpaired) electrons. The highest BCUT2D eigenvalue weighted by Gasteiger charge is 2.22. The molecule has 0 bridgehead atoms. The number of aromatic nitrogens is 1. The van der Waals surface area contributed by atoms with Crippen LogP contribution < -0.4 is 20.7 Å². The van der Waals surface area contributed by atoms with E-state index in [4.69, 9.17) is 10.5 Å². The van der Waals surface area contributed by atoms with Crippen LogP contribution in [-0.4, -0.2) is 59.8 Å². The number of aliphatic imine (C=N–C) groups is 1. The molecule has 13 heteroatoms. The topological polar surface area (TPSA) is 150 Å². The highest BCUT2D eigenvalue weighted by molar-refractivity contribution is 6.09. The van der Waals surface area contributed by atoms with E-state index in [1.165, 1.54) is 55.9 Å². The molecule has 3 aromatic rings. The summed E-state index contributed by atoms with van der Waals surface area (Å²) < 4.78 is 33.8. The van der Waals surface area contributed by atoms with Crippen LogP contribution in [0.5, 0.6) is 11.5 Å². The van der Waals surface area contributed by atoms with Gasteiger partial charge in [-0.25, -0.2) is 18.5 Å². The lowest BCUT2D eigenvalue weighted by molar-refractivity contribution is -0.112. The first kappa shape index (κ1) is 31.1. The first-order valence-electron chi connectivity index (χ1n) is 12.4. The molecule has 0 atom stereocenters. The fourth-order valence-electron chi connectivity index (χ4n) is 3.56. The van der Waals surface area contributed by atoms with E-state index < -0.39 is 30.2 Å². The molecule has 0 unspecified atom stereocenters. The van der Waals surface area contributed by atoms with Crippen molar-refractivity contribution in [1.29, 1.82) is 0 Å². The lowest BCUT2D eigenvalue weighted by Crippen LogP contribution is -2.41. The predicted octanol–water partition coefficient (Wildman–Crippen LogP) is 4.07. The lowest BCUT2D eigenvalue weighted by Gasteiger charge is -2.24. The van der Waals surface area contributed by atoms with Gasteiger partial charge >= 0.3 is 6.03 Å². The van der Waals surface area contributed by atoms with Gasteiger partial charge in [0.2, 0.25) is 6.41 Å². The standard InChI is InChI=1S/C29H28F2N6O5/c1-19(17-36(11-12-38)29(41)37(18-39)23-6-3-21(30)4-7-23)28(40)35-22-5-8-27(25(31)13-22)42-24-9-10-34-26(14-24)20(15-32)16-33-2/h3-10,13-18,38H,11-12,32H2,1-2H3,(H,35,40)/b19-17+,20-15?,33-16?. The summed E-state index contributed by atoms with van der Waals surface area (Å²) in [6.45, 7) is 0.660. The fraction of sp³-hybridized carbons (Fsp3) is 0.138. The summed E-state index contributed by atoms with van der Waals surface area (Å²) in [5, 5.41) is 11.9. The van der Waals surface area contributed by atoms with E-state index in [2.05, 4.69) is 15.3 Å². The lowest BCUT2D eigenvalue weighted by atomic mass is 10.2. The third-order valence-electron chi connectivity index (χ3n) is 5.60. The van der Waals surface area contributed by atoms with Gasteiger partial charge in [0.05, 0.1) is 24.5 Å². The van der Waals surface area contributed by atoms with Gasteiger partial charge in [0.15, 0.2) is 11.6 Å². The fourth-order valence-corrected chi connectivity index (χ4v) is 3.56. The molecular formula is C29H28F2N6O5. The number of anilines is 2. The maximum atomic E-state index is 14.9. The van der Waals surface area contributed by atoms with Crippen LogP contribution in [0.3, 0.4) is 0 Å². The van der Waals surface area contributed by atoms with Crippen LogP contribution in [0.25, 0.3) is 5.57 Å². The zero-order valence-electron chi connectivity index (χ0n) is 22.7. The summed E-state index contributed by atoms with van der Waals surface area (Å²) in [7, 11) is 1.58. The predicted molar refractivity (Wildman–Crippen MR) is 154 cm³/mol. The highest BCUT2D eigenvalue weighted by atomic mass is 19.1. The summed E-state index contributed by atoms with van der Waals surface area (Å²) in [6, 6.07) is 10.6. The molecule has 1 heterocycles. The average Bonchev–Trinajstić information content (AvgIpc) is 2.98. The molecule has 0 fully saturated rings. The minimum absolute atomic E-state index is 0.00573. The van der Waals surface area contributed by atoms with Crippen molar-refractivity contribution in [3.63, 3.8) is 0 Å². The maximum absolute atomic E-state index is 14.9. The Morgan fingerprint density at radius 2 is 1.88 bits per heavy atom. The quantitative estimate of drug-likeness (QED) is 0.176. The molecule has 218 valence electrons. The highest BCUT2D eigenvalue weighted by Crippen LogP contribution is 2.28. The maximum Gasteiger partial charge on any atom is 0.335 e. The molecule has 0 saturated heterocycles. The molecule has 4 N–H and O–H groups in total. The number of aliphatic hydroxyl groups excluding tert-OH is 1. The van der Waals surface area contributed by atoms with E-state index in [-0.39, 0.29) is 41.4 Å². The van der Waals surface area contributed by atoms with Crippen molar-refractivity contribution in [2.45, 2.75) is 6.92 Å². The van der Waals surface area contributed by atoms with Crippen LogP contribution >= 0.6 is 0 Å². The second kappa shape index (κ2) is 14.8. The zero-order chi connectivity index (χ0) is 30.6. The number of hydrogen-bond donors (Lipinski definition) is 3. The number of ether oxygens (including phenoxy) is 1. The van der Waals surface area contributed by atoms with Crippen LogP contribution in [0.4, 0.5) is 25.0 Å². The molecule has 0 aliphatic carbocycles. The van der Waals surface area contributed by atoms with Crippen LogP contribution in [-0.2, 0) is 9.59 Å². The number of nitrogens with zero attached hydrogens (tertiary/aromatic N) is 4. The molecule has 0 spiro atoms. The Kier molecular flexibility index (Phi) is 11.0. The third kappa shape index (κ3) is 8.05. The third-order valence-corrected chi connectivity index (χ3v) is 5.60. The van der Waals surface area contributed by atoms with Gasteiger partial charge in [-0.1, -0.05) is 0 Å². The summed E-state index contributed by atoms with van der Waals surface area (Å²) >= 11 is 0. The van der Waals surface area contributed by atoms with E-state index >= 15 is 0 Å². The van der Waals surface area contributed by atoms with E-state index in [1.807, 2.05) is 0 Å². The second-order valence-electron chi connectivity index (χ2n) is 8.55. The molecular weight excluding hydrogens is 550 g/mol. The Bertz CT molecular complexity index is 1530. The van der Waals surface area contributed by atoms with Crippen molar-refractivity contribution in [1.82, 2.24) is 9.88 Å². The number of pyridine rings is 1. The Hall–Kier alpha value is -5.43. The van der Waals surface area contributed by atoms with Crippen molar-refractivity contribution >= 4 is 41.5 Å². The Balaban J connectivity index is 1.73. The number of hydrogen-bond acceptors (Lipinski definition) is 8. The average molecular weight is 579 g/mol. The van der Waals surface area contributed by atoms with Crippen LogP contribution in [0, 0.1) is 11.6 Å². The number of amides is 4. The SMILES string of the molecule is CN=CC(=CN)c1cc(Oc2ccc(NC(=O)/C(C)=C/N(CCO)C(=O)N(C=O)c3ccc(F)cc3)cc2F)ccn1. The minimum Gasteiger partial charge on any atom is -0.454 e. The second-order valence-corrected chi connectivity index (χ2v) is 8.55. The zero-order valence-corrected chi connectivity index (χ0v) is 22.7. The number of urea groups is 1. The van der Waals surface area contributed by atoms with E-state index in [1.54, 1.807) is 13.1 Å². The van der Waals surface area contributed by atoms with Gasteiger partial charge in [-0.2, -0.15) is 0 Å². The van der Waals surface area contributed by atoms with Gasteiger partial charge in [-0.05, 0) is 49.4 Å². The minimum atomic E-state index is -0.888. The number of nitrogens with two attached hydrogens (primary N) is 1. The van der Waals surface area contributed by atoms with Crippen molar-refractivity contribution < 1.29 is 33.0 Å². The largest absolute Gasteiger partial charge is 0.454 e. The molecule has 2 aromatic carbocycles. The van der Waals surface area contributed by atoms with E-state index in [0.717, 1.165) is 29.3 Å². The Morgan fingerprint density at radius 3 is 2.50 bits per heavy atom. The van der Waals surface area contributed by atoms with Crippen LogP contribution in [0.2, 0.25) is 0 Å². The van der Waals surface area contributed by atoms with Gasteiger partial charge < -0.3 is 20.9 Å². The number of carbonyl (C=O) groups excluding carboxylic acids is 3. The van der Waals surface area contributed by atoms with Crippen LogP contribution in [0.15, 0.2) is 83.8 Å². The number of carbonyl (C=O) groups is 3. The number of rotatable bonds is 11. The van der Waals surface area contributed by atoms with E-state index in [9.17, 15) is 28.3 Å². The normalized spacial score (nSPS) is 11.7. The number of imide groups is 1. The summed E-state index contributed by atoms with van der Waals surface area (Å²) in [5.74, 6) is -1.84. The van der Waals surface area contributed by atoms with Crippen molar-refractivity contribution in [2.24, 2.45) is 10.7 Å². The van der Waals surface area contributed by atoms with Crippen LogP contribution in [0.1, 0.15) is 12.6 Å². The number of allylic oxidation sites excluding steroid dienone is 1. The Morgan fingerprint density at radius 1 is 1.14 bits per heavy atom. The van der Waals surface area contributed by atoms with Gasteiger partial charge in [-0.3, -0.25) is 24.5 Å². The molecule has 1 aromatic heterocycles. The molecule has 0 saturated carbocycles. The van der Waals surface area contributed by atoms with Gasteiger partial charge in [0.1, 0.15) is 11.6 Å². The van der Waals surface area contributed by atoms with Crippen molar-refractivity contribution in [3.05, 3.63) is 96.1 Å². The van der Waals surface area contributed by atoms with Gasteiger partial charge in [-0.15, -0.1) is 0 Å².